The highest BCUT2D eigenvalue weighted by molar-refractivity contribution is 6.21. The summed E-state index contributed by atoms with van der Waals surface area (Å²) < 4.78 is 0. The third-order valence-electron chi connectivity index (χ3n) is 6.57. The molecule has 2 N–H and O–H groups in total. The number of ketones is 1. The van der Waals surface area contributed by atoms with E-state index < -0.39 is 18.1 Å². The predicted molar refractivity (Wildman–Crippen MR) is 152 cm³/mol. The fraction of sp³-hybridized carbons (Fsp3) is 0.125. The van der Waals surface area contributed by atoms with E-state index in [2.05, 4.69) is 10.6 Å². The van der Waals surface area contributed by atoms with Gasteiger partial charge in [0.25, 0.3) is 5.91 Å². The Morgan fingerprint density at radius 2 is 1.46 bits per heavy atom. The first-order valence-corrected chi connectivity index (χ1v) is 12.7. The molecule has 0 spiro atoms. The van der Waals surface area contributed by atoms with E-state index in [9.17, 15) is 14.4 Å². The Bertz CT molecular complexity index is 1530. The third-order valence-corrected chi connectivity index (χ3v) is 6.57. The summed E-state index contributed by atoms with van der Waals surface area (Å²) >= 11 is 0. The second kappa shape index (κ2) is 11.6. The van der Waals surface area contributed by atoms with E-state index in [0.29, 0.717) is 29.1 Å². The SMILES string of the molecule is Cc1ccccc1C(=O)CN1C(=O)[C@H](NC(=O)NCc2ccccc2)N=C(c2ccccc2)c2ccccc21. The summed E-state index contributed by atoms with van der Waals surface area (Å²) in [6, 6.07) is 33.1. The number of carbonyl (C=O) groups excluding carboxylic acids is 3. The van der Waals surface area contributed by atoms with E-state index in [0.717, 1.165) is 16.7 Å². The molecule has 1 atom stereocenters. The molecule has 1 aliphatic heterocycles. The topological polar surface area (TPSA) is 90.9 Å². The van der Waals surface area contributed by atoms with Crippen LogP contribution in [0.2, 0.25) is 0 Å². The number of amides is 3. The zero-order valence-corrected chi connectivity index (χ0v) is 21.5. The first-order chi connectivity index (χ1) is 19.0. The summed E-state index contributed by atoms with van der Waals surface area (Å²) in [5, 5.41) is 5.52. The van der Waals surface area contributed by atoms with E-state index in [-0.39, 0.29) is 12.3 Å². The number of para-hydroxylation sites is 1. The zero-order chi connectivity index (χ0) is 27.2. The Morgan fingerprint density at radius 3 is 2.21 bits per heavy atom. The minimum Gasteiger partial charge on any atom is -0.334 e. The molecule has 0 aliphatic carbocycles. The normalized spacial score (nSPS) is 14.6. The maximum atomic E-state index is 14.0. The minimum absolute atomic E-state index is 0.192. The number of urea groups is 1. The Morgan fingerprint density at radius 1 is 0.821 bits per heavy atom. The van der Waals surface area contributed by atoms with Crippen LogP contribution in [0.15, 0.2) is 114 Å². The number of nitrogens with zero attached hydrogens (tertiary/aromatic N) is 2. The molecule has 7 nitrogen and oxygen atoms in total. The van der Waals surface area contributed by atoms with Gasteiger partial charge in [0.2, 0.25) is 6.17 Å². The van der Waals surface area contributed by atoms with E-state index in [4.69, 9.17) is 4.99 Å². The highest BCUT2D eigenvalue weighted by atomic mass is 16.2. The van der Waals surface area contributed by atoms with Crippen LogP contribution in [0, 0.1) is 6.92 Å². The van der Waals surface area contributed by atoms with Gasteiger partial charge < -0.3 is 15.5 Å². The number of aryl methyl sites for hydroxylation is 1. The number of carbonyl (C=O) groups is 3. The number of nitrogens with one attached hydrogen (secondary N) is 2. The van der Waals surface area contributed by atoms with Gasteiger partial charge in [-0.15, -0.1) is 0 Å². The number of hydrogen-bond acceptors (Lipinski definition) is 4. The van der Waals surface area contributed by atoms with Crippen LogP contribution < -0.4 is 15.5 Å². The Kier molecular flexibility index (Phi) is 7.59. The molecule has 0 saturated heterocycles. The van der Waals surface area contributed by atoms with Crippen LogP contribution >= 0.6 is 0 Å². The van der Waals surface area contributed by atoms with Gasteiger partial charge in [-0.25, -0.2) is 9.79 Å². The molecule has 7 heteroatoms. The molecule has 0 bridgehead atoms. The largest absolute Gasteiger partial charge is 0.334 e. The fourth-order valence-corrected chi connectivity index (χ4v) is 4.58. The lowest BCUT2D eigenvalue weighted by atomic mass is 9.99. The molecule has 0 fully saturated rings. The van der Waals surface area contributed by atoms with Gasteiger partial charge in [0.05, 0.1) is 17.9 Å². The van der Waals surface area contributed by atoms with Crippen molar-refractivity contribution in [1.82, 2.24) is 10.6 Å². The molecular weight excluding hydrogens is 488 g/mol. The van der Waals surface area contributed by atoms with Crippen LogP contribution in [0.25, 0.3) is 0 Å². The quantitative estimate of drug-likeness (QED) is 0.343. The summed E-state index contributed by atoms with van der Waals surface area (Å²) in [4.78, 5) is 46.5. The fourth-order valence-electron chi connectivity index (χ4n) is 4.58. The van der Waals surface area contributed by atoms with Crippen molar-refractivity contribution in [3.05, 3.63) is 137 Å². The standard InChI is InChI=1S/C32H28N4O3/c1-22-12-8-9-17-25(22)28(37)21-36-27-19-11-10-18-26(27)29(24-15-6-3-7-16-24)34-30(31(36)38)35-32(39)33-20-23-13-4-2-5-14-23/h2-19,30H,20-21H2,1H3,(H2,33,35,39)/t30-/m0/s1. The summed E-state index contributed by atoms with van der Waals surface area (Å²) in [5.41, 5.74) is 4.89. The predicted octanol–water partition coefficient (Wildman–Crippen LogP) is 4.89. The highest BCUT2D eigenvalue weighted by Crippen LogP contribution is 2.28. The molecule has 1 heterocycles. The number of anilines is 1. The van der Waals surface area contributed by atoms with Crippen LogP contribution in [0.4, 0.5) is 10.5 Å². The van der Waals surface area contributed by atoms with Gasteiger partial charge >= 0.3 is 6.03 Å². The van der Waals surface area contributed by atoms with Crippen LogP contribution in [0.3, 0.4) is 0 Å². The molecule has 3 amide bonds. The number of hydrogen-bond donors (Lipinski definition) is 2. The van der Waals surface area contributed by atoms with Gasteiger partial charge in [-0.05, 0) is 24.1 Å². The van der Waals surface area contributed by atoms with Gasteiger partial charge in [0.1, 0.15) is 0 Å². The molecule has 4 aromatic carbocycles. The Hall–Kier alpha value is -5.04. The number of benzodiazepines with no additional fused rings is 1. The molecule has 39 heavy (non-hydrogen) atoms. The molecule has 0 unspecified atom stereocenters. The van der Waals surface area contributed by atoms with Crippen LogP contribution in [0.5, 0.6) is 0 Å². The van der Waals surface area contributed by atoms with Crippen LogP contribution in [-0.4, -0.2) is 36.1 Å². The second-order valence-electron chi connectivity index (χ2n) is 9.24. The number of fused-ring (bicyclic) bond motifs is 1. The molecule has 4 aromatic rings. The van der Waals surface area contributed by atoms with E-state index in [1.54, 1.807) is 18.2 Å². The lowest BCUT2D eigenvalue weighted by Crippen LogP contribution is -2.51. The van der Waals surface area contributed by atoms with Crippen molar-refractivity contribution in [2.45, 2.75) is 19.6 Å². The summed E-state index contributed by atoms with van der Waals surface area (Å²) in [6.45, 7) is 1.96. The molecule has 5 rings (SSSR count). The first kappa shape index (κ1) is 25.6. The number of rotatable bonds is 7. The van der Waals surface area contributed by atoms with E-state index in [1.165, 1.54) is 4.90 Å². The van der Waals surface area contributed by atoms with Gasteiger partial charge in [0.15, 0.2) is 5.78 Å². The monoisotopic (exact) mass is 516 g/mol. The minimum atomic E-state index is -1.24. The summed E-state index contributed by atoms with van der Waals surface area (Å²) in [7, 11) is 0. The third kappa shape index (κ3) is 5.78. The van der Waals surface area contributed by atoms with Gasteiger partial charge in [-0.1, -0.05) is 103 Å². The Labute approximate surface area is 227 Å². The molecule has 194 valence electrons. The molecule has 0 aromatic heterocycles. The van der Waals surface area contributed by atoms with Crippen molar-refractivity contribution in [1.29, 1.82) is 0 Å². The van der Waals surface area contributed by atoms with Crippen LogP contribution in [0.1, 0.15) is 32.6 Å². The Balaban J connectivity index is 1.50. The van der Waals surface area contributed by atoms with Crippen LogP contribution in [-0.2, 0) is 11.3 Å². The van der Waals surface area contributed by atoms with Crippen molar-refractivity contribution in [2.75, 3.05) is 11.4 Å². The smallest absolute Gasteiger partial charge is 0.317 e. The lowest BCUT2D eigenvalue weighted by Gasteiger charge is -2.25. The number of aliphatic imine (C=N–C) groups is 1. The molecular formula is C32H28N4O3. The van der Waals surface area contributed by atoms with Gasteiger partial charge in [-0.2, -0.15) is 0 Å². The molecule has 0 saturated carbocycles. The van der Waals surface area contributed by atoms with Gasteiger partial charge in [0, 0.05) is 23.2 Å². The first-order valence-electron chi connectivity index (χ1n) is 12.7. The molecule has 1 aliphatic rings. The van der Waals surface area contributed by atoms with Crippen molar-refractivity contribution >= 4 is 29.1 Å². The van der Waals surface area contributed by atoms with Crippen molar-refractivity contribution < 1.29 is 14.4 Å². The lowest BCUT2D eigenvalue weighted by molar-refractivity contribution is -0.120. The highest BCUT2D eigenvalue weighted by Gasteiger charge is 2.34. The van der Waals surface area contributed by atoms with E-state index >= 15 is 0 Å². The van der Waals surface area contributed by atoms with Gasteiger partial charge in [-0.3, -0.25) is 9.59 Å². The summed E-state index contributed by atoms with van der Waals surface area (Å²) in [6.07, 6.45) is -1.24. The van der Waals surface area contributed by atoms with Crippen molar-refractivity contribution in [3.63, 3.8) is 0 Å². The maximum absolute atomic E-state index is 14.0. The molecule has 0 radical (unpaired) electrons. The number of Topliss-reactive ketones (excluding diaryl/α,β-unsaturated/α-hetero) is 1. The summed E-state index contributed by atoms with van der Waals surface area (Å²) in [5.74, 6) is -0.697. The van der Waals surface area contributed by atoms with Crippen molar-refractivity contribution in [2.24, 2.45) is 4.99 Å². The average Bonchev–Trinajstić information content (AvgIpc) is 3.08. The number of benzene rings is 4. The van der Waals surface area contributed by atoms with E-state index in [1.807, 2.05) is 97.9 Å². The second-order valence-corrected chi connectivity index (χ2v) is 9.24. The maximum Gasteiger partial charge on any atom is 0.317 e. The average molecular weight is 517 g/mol. The zero-order valence-electron chi connectivity index (χ0n) is 21.5. The van der Waals surface area contributed by atoms with Crippen molar-refractivity contribution in [3.8, 4) is 0 Å².